The van der Waals surface area contributed by atoms with Crippen molar-refractivity contribution in [2.45, 2.75) is 31.7 Å². The molecule has 0 unspecified atom stereocenters. The number of halogens is 1. The van der Waals surface area contributed by atoms with E-state index in [9.17, 15) is 14.0 Å². The van der Waals surface area contributed by atoms with Crippen LogP contribution in [0.5, 0.6) is 5.75 Å². The Morgan fingerprint density at radius 2 is 2.09 bits per heavy atom. The highest BCUT2D eigenvalue weighted by Gasteiger charge is 2.25. The van der Waals surface area contributed by atoms with Gasteiger partial charge in [0.2, 0.25) is 0 Å². The molecular formula is C23H25FN6O4. The monoisotopic (exact) mass is 468 g/mol. The molecule has 1 amide bonds. The largest absolute Gasteiger partial charge is 0.488 e. The van der Waals surface area contributed by atoms with Gasteiger partial charge >= 0.3 is 0 Å². The molecule has 34 heavy (non-hydrogen) atoms. The predicted octanol–water partition coefficient (Wildman–Crippen LogP) is 1.40. The van der Waals surface area contributed by atoms with E-state index in [1.165, 1.54) is 10.6 Å². The topological polar surface area (TPSA) is 119 Å². The van der Waals surface area contributed by atoms with Crippen molar-refractivity contribution in [3.05, 3.63) is 46.5 Å². The van der Waals surface area contributed by atoms with Crippen LogP contribution in [0.15, 0.2) is 45.1 Å². The number of aliphatic imine (C=N–C) groups is 2. The van der Waals surface area contributed by atoms with Gasteiger partial charge in [0.15, 0.2) is 29.8 Å². The average molecular weight is 468 g/mol. The number of amidine groups is 2. The minimum atomic E-state index is -0.573. The van der Waals surface area contributed by atoms with Crippen LogP contribution >= 0.6 is 0 Å². The molecule has 2 aliphatic heterocycles. The number of rotatable bonds is 6. The van der Waals surface area contributed by atoms with Crippen molar-refractivity contribution in [3.63, 3.8) is 0 Å². The van der Waals surface area contributed by atoms with E-state index in [0.29, 0.717) is 47.7 Å². The number of hydrogen-bond donors (Lipinski definition) is 2. The van der Waals surface area contributed by atoms with Crippen molar-refractivity contribution in [1.82, 2.24) is 20.2 Å². The highest BCUT2D eigenvalue weighted by molar-refractivity contribution is 6.15. The first-order valence-electron chi connectivity index (χ1n) is 11.3. The summed E-state index contributed by atoms with van der Waals surface area (Å²) in [5.74, 6) is 1.02. The Bertz CT molecular complexity index is 1280. The van der Waals surface area contributed by atoms with Crippen LogP contribution in [0.1, 0.15) is 25.7 Å². The predicted molar refractivity (Wildman–Crippen MR) is 123 cm³/mol. The van der Waals surface area contributed by atoms with Gasteiger partial charge in [-0.2, -0.15) is 4.99 Å². The summed E-state index contributed by atoms with van der Waals surface area (Å²) in [5.41, 5.74) is 0.646. The Hall–Kier alpha value is -3.60. The molecule has 2 aromatic heterocycles. The number of nitrogens with zero attached hydrogens (tertiary/aromatic N) is 4. The normalized spacial score (nSPS) is 22.2. The zero-order valence-corrected chi connectivity index (χ0v) is 18.7. The number of amides is 1. The second-order valence-corrected chi connectivity index (χ2v) is 8.65. The van der Waals surface area contributed by atoms with E-state index in [0.717, 1.165) is 31.9 Å². The van der Waals surface area contributed by atoms with E-state index in [2.05, 4.69) is 25.6 Å². The molecule has 0 saturated heterocycles. The number of fused-ring (bicyclic) bond motifs is 2. The van der Waals surface area contributed by atoms with Crippen molar-refractivity contribution < 1.29 is 18.7 Å². The lowest BCUT2D eigenvalue weighted by Crippen LogP contribution is -2.46. The lowest BCUT2D eigenvalue weighted by Gasteiger charge is -2.30. The summed E-state index contributed by atoms with van der Waals surface area (Å²) >= 11 is 0. The molecule has 2 aromatic rings. The molecule has 10 nitrogen and oxygen atoms in total. The standard InChI is InChI=1S/C23H25FN6O4/c1-30-20(32)7-6-16-21(30)22(15(24)8-26-16)34-11-13-2-4-14(5-3-13)25-10-18-27-9-17-23(28-18)29-19(31)12-33-17/h6-9,13-14,25H,2-5,10-12H2,1H3,(H,27,28,29,31). The lowest BCUT2D eigenvalue weighted by molar-refractivity contribution is -0.121. The van der Waals surface area contributed by atoms with Gasteiger partial charge in [-0.15, -0.1) is 0 Å². The van der Waals surface area contributed by atoms with Crippen LogP contribution < -0.4 is 20.9 Å². The molecule has 0 spiro atoms. The molecule has 178 valence electrons. The molecule has 1 aliphatic carbocycles. The van der Waals surface area contributed by atoms with E-state index in [-0.39, 0.29) is 29.7 Å². The Kier molecular flexibility index (Phi) is 6.10. The van der Waals surface area contributed by atoms with Crippen molar-refractivity contribution >= 4 is 28.6 Å². The molecule has 0 atom stereocenters. The van der Waals surface area contributed by atoms with Gasteiger partial charge in [0.25, 0.3) is 11.5 Å². The third kappa shape index (κ3) is 4.56. The van der Waals surface area contributed by atoms with Gasteiger partial charge in [-0.25, -0.2) is 9.38 Å². The van der Waals surface area contributed by atoms with E-state index in [1.807, 2.05) is 0 Å². The third-order valence-corrected chi connectivity index (χ3v) is 6.33. The Morgan fingerprint density at radius 1 is 1.26 bits per heavy atom. The molecule has 0 radical (unpaired) electrons. The molecule has 11 heteroatoms. The number of carbonyl (C=O) groups excluding carboxylic acids is 1. The summed E-state index contributed by atoms with van der Waals surface area (Å²) in [6, 6.07) is 3.30. The van der Waals surface area contributed by atoms with Gasteiger partial charge < -0.3 is 24.7 Å². The summed E-state index contributed by atoms with van der Waals surface area (Å²) < 4.78 is 27.0. The summed E-state index contributed by atoms with van der Waals surface area (Å²) in [7, 11) is 1.59. The Morgan fingerprint density at radius 3 is 2.91 bits per heavy atom. The SMILES string of the molecule is Cn1c(=O)ccc2ncc(F)c(OCC3CCC(NCC4=NC=C5OCC(=O)N=C5N4)CC3)c21. The summed E-state index contributed by atoms with van der Waals surface area (Å²) in [6.07, 6.45) is 6.46. The van der Waals surface area contributed by atoms with Crippen LogP contribution in [0.25, 0.3) is 11.0 Å². The number of hydrogen-bond acceptors (Lipinski definition) is 8. The number of nitrogens with one attached hydrogen (secondary N) is 2. The molecule has 0 aromatic carbocycles. The van der Waals surface area contributed by atoms with Gasteiger partial charge in [0, 0.05) is 19.2 Å². The number of pyridine rings is 2. The fourth-order valence-electron chi connectivity index (χ4n) is 4.41. The average Bonchev–Trinajstić information content (AvgIpc) is 2.85. The number of carbonyl (C=O) groups is 1. The lowest BCUT2D eigenvalue weighted by atomic mass is 9.86. The molecule has 4 heterocycles. The van der Waals surface area contributed by atoms with Crippen molar-refractivity contribution in [3.8, 4) is 5.75 Å². The molecule has 0 bridgehead atoms. The van der Waals surface area contributed by atoms with E-state index in [1.54, 1.807) is 19.3 Å². The molecular weight excluding hydrogens is 443 g/mol. The molecule has 1 saturated carbocycles. The fourth-order valence-corrected chi connectivity index (χ4v) is 4.41. The van der Waals surface area contributed by atoms with Crippen LogP contribution in [-0.2, 0) is 16.6 Å². The van der Waals surface area contributed by atoms with E-state index in [4.69, 9.17) is 9.47 Å². The van der Waals surface area contributed by atoms with Gasteiger partial charge in [0.05, 0.1) is 31.1 Å². The van der Waals surface area contributed by atoms with E-state index < -0.39 is 5.82 Å². The van der Waals surface area contributed by atoms with Gasteiger partial charge in [-0.05, 0) is 37.7 Å². The second-order valence-electron chi connectivity index (χ2n) is 8.65. The summed E-state index contributed by atoms with van der Waals surface area (Å²) in [5, 5.41) is 6.53. The zero-order chi connectivity index (χ0) is 23.7. The Balaban J connectivity index is 1.13. The zero-order valence-electron chi connectivity index (χ0n) is 18.7. The molecule has 5 rings (SSSR count). The van der Waals surface area contributed by atoms with Gasteiger partial charge in [-0.1, -0.05) is 0 Å². The number of aryl methyl sites for hydroxylation is 1. The minimum absolute atomic E-state index is 0.0603. The van der Waals surface area contributed by atoms with Crippen LogP contribution in [0.3, 0.4) is 0 Å². The van der Waals surface area contributed by atoms with Gasteiger partial charge in [-0.3, -0.25) is 14.6 Å². The maximum Gasteiger partial charge on any atom is 0.285 e. The molecule has 3 aliphatic rings. The van der Waals surface area contributed by atoms with Crippen LogP contribution in [0.2, 0.25) is 0 Å². The first-order valence-corrected chi connectivity index (χ1v) is 11.3. The highest BCUT2D eigenvalue weighted by atomic mass is 19.1. The second kappa shape index (κ2) is 9.34. The van der Waals surface area contributed by atoms with Crippen molar-refractivity contribution in [2.24, 2.45) is 23.0 Å². The maximum absolute atomic E-state index is 14.5. The summed E-state index contributed by atoms with van der Waals surface area (Å²) in [6.45, 7) is 0.835. The minimum Gasteiger partial charge on any atom is -0.488 e. The molecule has 2 N–H and O–H groups in total. The molecule has 1 fully saturated rings. The fraction of sp³-hybridized carbons (Fsp3) is 0.435. The Labute approximate surface area is 194 Å². The summed E-state index contributed by atoms with van der Waals surface area (Å²) in [4.78, 5) is 35.8. The quantitative estimate of drug-likeness (QED) is 0.658. The van der Waals surface area contributed by atoms with Crippen molar-refractivity contribution in [1.29, 1.82) is 0 Å². The number of ether oxygens (including phenoxy) is 2. The third-order valence-electron chi connectivity index (χ3n) is 6.33. The van der Waals surface area contributed by atoms with Gasteiger partial charge in [0.1, 0.15) is 11.4 Å². The first kappa shape index (κ1) is 22.2. The van der Waals surface area contributed by atoms with Crippen molar-refractivity contribution in [2.75, 3.05) is 19.8 Å². The van der Waals surface area contributed by atoms with E-state index >= 15 is 0 Å². The van der Waals surface area contributed by atoms with Crippen LogP contribution in [0.4, 0.5) is 4.39 Å². The smallest absolute Gasteiger partial charge is 0.285 e. The first-order chi connectivity index (χ1) is 16.5. The van der Waals surface area contributed by atoms with Crippen LogP contribution in [-0.4, -0.2) is 52.9 Å². The highest BCUT2D eigenvalue weighted by Crippen LogP contribution is 2.29. The van der Waals surface area contributed by atoms with Crippen LogP contribution in [0, 0.1) is 11.7 Å². The number of aromatic nitrogens is 2. The maximum atomic E-state index is 14.5.